The highest BCUT2D eigenvalue weighted by Crippen LogP contribution is 2.43. The number of β-lactam (4-membered cyclic amide) rings is 1. The molecule has 11 nitrogen and oxygen atoms in total. The van der Waals surface area contributed by atoms with Crippen LogP contribution in [0.4, 0.5) is 10.1 Å². The molecule has 3 unspecified atom stereocenters. The summed E-state index contributed by atoms with van der Waals surface area (Å²) in [5.74, 6) is -2.84. The number of allylic oxidation sites excluding steroid dienone is 2. The number of para-hydroxylation sites is 1. The number of anilines is 1. The molecule has 3 aromatic carbocycles. The molecule has 1 amide bonds. The minimum absolute atomic E-state index is 0.0202. The molecule has 2 aliphatic heterocycles. The molecule has 51 heavy (non-hydrogen) atoms. The first-order valence-electron chi connectivity index (χ1n) is 16.9. The van der Waals surface area contributed by atoms with Crippen LogP contribution in [0.25, 0.3) is 5.57 Å². The highest BCUT2D eigenvalue weighted by Gasteiger charge is 2.52. The van der Waals surface area contributed by atoms with Gasteiger partial charge < -0.3 is 39.4 Å². The molecule has 10 atom stereocenters. The van der Waals surface area contributed by atoms with Crippen molar-refractivity contribution in [2.75, 3.05) is 17.3 Å². The smallest absolute Gasteiger partial charge is 0.311 e. The maximum absolute atomic E-state index is 13.5. The summed E-state index contributed by atoms with van der Waals surface area (Å²) >= 11 is 0. The number of halogens is 1. The van der Waals surface area contributed by atoms with Crippen LogP contribution in [0, 0.1) is 23.6 Å². The highest BCUT2D eigenvalue weighted by atomic mass is 32.2. The van der Waals surface area contributed by atoms with Crippen LogP contribution in [0.1, 0.15) is 37.0 Å². The molecule has 272 valence electrons. The fourth-order valence-corrected chi connectivity index (χ4v) is 8.36. The van der Waals surface area contributed by atoms with Crippen molar-refractivity contribution in [3.05, 3.63) is 114 Å². The molecule has 0 radical (unpaired) electrons. The predicted octanol–water partition coefficient (Wildman–Crippen LogP) is 3.13. The van der Waals surface area contributed by atoms with Crippen molar-refractivity contribution < 1.29 is 52.1 Å². The minimum Gasteiger partial charge on any atom is -0.394 e. The Morgan fingerprint density at radius 2 is 1.61 bits per heavy atom. The summed E-state index contributed by atoms with van der Waals surface area (Å²) in [6, 6.07) is 20.6. The summed E-state index contributed by atoms with van der Waals surface area (Å²) in [7, 11) is -4.25. The minimum atomic E-state index is -4.25. The van der Waals surface area contributed by atoms with Crippen molar-refractivity contribution in [3.8, 4) is 5.75 Å². The molecule has 3 aliphatic rings. The summed E-state index contributed by atoms with van der Waals surface area (Å²) in [5.41, 5.74) is 2.61. The molecule has 0 bridgehead atoms. The maximum Gasteiger partial charge on any atom is 0.311 e. The SMILES string of the molecule is C[C@H]1[C@H](O)[C@@H](CO)OC(CS(=O)(=O)Oc2ccc(C3=CC(O)C([C@@H]4[C@@H](CC[C@H](O)c5ccc(F)cc5)C(=O)N4c4ccccc4)C=C3)cc2)[C@@H]1O. The van der Waals surface area contributed by atoms with Gasteiger partial charge >= 0.3 is 10.1 Å². The van der Waals surface area contributed by atoms with Crippen LogP contribution in [-0.4, -0.2) is 88.8 Å². The van der Waals surface area contributed by atoms with Gasteiger partial charge in [-0.3, -0.25) is 4.79 Å². The van der Waals surface area contributed by atoms with E-state index in [1.807, 2.05) is 42.5 Å². The normalized spacial score (nSPS) is 30.0. The zero-order valence-corrected chi connectivity index (χ0v) is 28.7. The van der Waals surface area contributed by atoms with Gasteiger partial charge in [-0.1, -0.05) is 61.5 Å². The second-order valence-electron chi connectivity index (χ2n) is 13.4. The number of ether oxygens (including phenoxy) is 1. The van der Waals surface area contributed by atoms with Crippen LogP contribution in [0.5, 0.6) is 5.75 Å². The van der Waals surface area contributed by atoms with Crippen LogP contribution in [-0.2, 0) is 19.6 Å². The molecule has 13 heteroatoms. The van der Waals surface area contributed by atoms with Crippen molar-refractivity contribution in [2.24, 2.45) is 17.8 Å². The number of hydrogen-bond acceptors (Lipinski definition) is 10. The number of hydrogen-bond donors (Lipinski definition) is 5. The van der Waals surface area contributed by atoms with Gasteiger partial charge in [0.1, 0.15) is 29.5 Å². The summed E-state index contributed by atoms with van der Waals surface area (Å²) < 4.78 is 49.8. The van der Waals surface area contributed by atoms with Gasteiger partial charge in [0.2, 0.25) is 5.91 Å². The lowest BCUT2D eigenvalue weighted by Crippen LogP contribution is -2.65. The first-order valence-corrected chi connectivity index (χ1v) is 18.5. The van der Waals surface area contributed by atoms with Crippen LogP contribution in [0.3, 0.4) is 0 Å². The van der Waals surface area contributed by atoms with Crippen molar-refractivity contribution in [3.63, 3.8) is 0 Å². The molecule has 0 aromatic heterocycles. The lowest BCUT2D eigenvalue weighted by molar-refractivity contribution is -0.198. The third kappa shape index (κ3) is 7.95. The number of amides is 1. The van der Waals surface area contributed by atoms with Gasteiger partial charge in [0, 0.05) is 17.5 Å². The molecule has 2 saturated heterocycles. The van der Waals surface area contributed by atoms with Gasteiger partial charge in [0.05, 0.1) is 43.0 Å². The number of rotatable bonds is 12. The fourth-order valence-electron chi connectivity index (χ4n) is 7.21. The quantitative estimate of drug-likeness (QED) is 0.138. The summed E-state index contributed by atoms with van der Waals surface area (Å²) in [4.78, 5) is 15.2. The Morgan fingerprint density at radius 1 is 0.941 bits per heavy atom. The monoisotopic (exact) mass is 723 g/mol. The van der Waals surface area contributed by atoms with Crippen molar-refractivity contribution in [1.29, 1.82) is 0 Å². The Morgan fingerprint density at radius 3 is 2.25 bits per heavy atom. The Labute approximate surface area is 296 Å². The molecule has 0 saturated carbocycles. The number of aliphatic hydroxyl groups excluding tert-OH is 5. The third-order valence-electron chi connectivity index (χ3n) is 10.1. The number of carbonyl (C=O) groups excluding carboxylic acids is 1. The van der Waals surface area contributed by atoms with Crippen LogP contribution in [0.15, 0.2) is 97.1 Å². The second kappa shape index (κ2) is 15.3. The third-order valence-corrected chi connectivity index (χ3v) is 11.3. The molecule has 3 aromatic rings. The van der Waals surface area contributed by atoms with Crippen LogP contribution in [0.2, 0.25) is 0 Å². The van der Waals surface area contributed by atoms with E-state index in [0.717, 1.165) is 0 Å². The van der Waals surface area contributed by atoms with E-state index in [4.69, 9.17) is 8.92 Å². The lowest BCUT2D eigenvalue weighted by Gasteiger charge is -2.51. The average molecular weight is 724 g/mol. The van der Waals surface area contributed by atoms with Crippen molar-refractivity contribution >= 4 is 27.3 Å². The van der Waals surface area contributed by atoms with Gasteiger partial charge in [-0.2, -0.15) is 8.42 Å². The van der Waals surface area contributed by atoms with E-state index in [1.54, 1.807) is 30.0 Å². The van der Waals surface area contributed by atoms with E-state index in [1.165, 1.54) is 36.4 Å². The van der Waals surface area contributed by atoms with Gasteiger partial charge in [0.25, 0.3) is 0 Å². The molecule has 1 aliphatic carbocycles. The standard InChI is InChI=1S/C38H42FNO10S/c1-22-36(44)33(20-41)49-34(37(22)45)21-51(47,48)50-28-14-9-23(10-15-28)25-11-16-29(32(43)19-25)35-30(38(46)40(35)27-5-3-2-4-6-27)17-18-31(42)24-7-12-26(39)13-8-24/h2-16,19,22,29-37,41-45H,17-18,20-21H2,1H3/t22-,29?,30+,31-,32?,33+,34?,35+,36-,37+/m0/s1. The highest BCUT2D eigenvalue weighted by molar-refractivity contribution is 7.87. The van der Waals surface area contributed by atoms with Gasteiger partial charge in [0.15, 0.2) is 0 Å². The predicted molar refractivity (Wildman–Crippen MR) is 186 cm³/mol. The molecule has 2 fully saturated rings. The first kappa shape index (κ1) is 36.8. The van der Waals surface area contributed by atoms with Crippen molar-refractivity contribution in [2.45, 2.75) is 62.4 Å². The van der Waals surface area contributed by atoms with Gasteiger partial charge in [-0.05, 0) is 72.0 Å². The zero-order chi connectivity index (χ0) is 36.4. The topological polar surface area (TPSA) is 174 Å². The van der Waals surface area contributed by atoms with E-state index in [9.17, 15) is 43.1 Å². The average Bonchev–Trinajstić information content (AvgIpc) is 3.11. The fraction of sp³-hybridized carbons (Fsp3) is 0.395. The Balaban J connectivity index is 1.12. The Bertz CT molecular complexity index is 1830. The molecule has 5 N–H and O–H groups in total. The van der Waals surface area contributed by atoms with Gasteiger partial charge in [-0.15, -0.1) is 0 Å². The van der Waals surface area contributed by atoms with E-state index < -0.39 is 88.7 Å². The number of carbonyl (C=O) groups is 1. The molecule has 0 spiro atoms. The number of nitrogens with zero attached hydrogens (tertiary/aromatic N) is 1. The first-order chi connectivity index (χ1) is 24.4. The molecular formula is C38H42FNO10S. The number of benzene rings is 3. The zero-order valence-electron chi connectivity index (χ0n) is 27.9. The van der Waals surface area contributed by atoms with E-state index in [2.05, 4.69) is 0 Å². The summed E-state index contributed by atoms with van der Waals surface area (Å²) in [5, 5.41) is 52.3. The second-order valence-corrected chi connectivity index (χ2v) is 15.0. The van der Waals surface area contributed by atoms with Crippen LogP contribution >= 0.6 is 0 Å². The van der Waals surface area contributed by atoms with Crippen molar-refractivity contribution in [1.82, 2.24) is 0 Å². The van der Waals surface area contributed by atoms with Crippen LogP contribution < -0.4 is 9.08 Å². The van der Waals surface area contributed by atoms with E-state index in [0.29, 0.717) is 28.8 Å². The maximum atomic E-state index is 13.5. The Hall–Kier alpha value is -3.95. The molecule has 6 rings (SSSR count). The van der Waals surface area contributed by atoms with Gasteiger partial charge in [-0.25, -0.2) is 4.39 Å². The lowest BCUT2D eigenvalue weighted by atomic mass is 9.71. The van der Waals surface area contributed by atoms with E-state index >= 15 is 0 Å². The summed E-state index contributed by atoms with van der Waals surface area (Å²) in [6.45, 7) is 1.00. The summed E-state index contributed by atoms with van der Waals surface area (Å²) in [6.07, 6.45) is -0.512. The molecular weight excluding hydrogens is 681 g/mol. The number of aliphatic hydroxyl groups is 5. The largest absolute Gasteiger partial charge is 0.394 e. The molecule has 2 heterocycles. The van der Waals surface area contributed by atoms with E-state index in [-0.39, 0.29) is 18.1 Å². The Kier molecular flexibility index (Phi) is 11.1.